The Morgan fingerprint density at radius 3 is 3.03 bits per heavy atom. The van der Waals surface area contributed by atoms with Crippen molar-refractivity contribution in [2.45, 2.75) is 37.6 Å². The van der Waals surface area contributed by atoms with Gasteiger partial charge in [0.15, 0.2) is 0 Å². The molecule has 0 saturated carbocycles. The summed E-state index contributed by atoms with van der Waals surface area (Å²) in [7, 11) is 4.13. The van der Waals surface area contributed by atoms with Crippen LogP contribution in [0.5, 0.6) is 0 Å². The van der Waals surface area contributed by atoms with Crippen LogP contribution in [0.15, 0.2) is 37.1 Å². The predicted molar refractivity (Wildman–Crippen MR) is 119 cm³/mol. The number of carbonyl (C=O) groups is 1. The first kappa shape index (κ1) is 20.2. The van der Waals surface area contributed by atoms with E-state index in [4.69, 9.17) is 0 Å². The van der Waals surface area contributed by atoms with Crippen molar-refractivity contribution in [1.29, 1.82) is 0 Å². The molecular weight excluding hydrogens is 360 g/mol. The Morgan fingerprint density at radius 2 is 2.28 bits per heavy atom. The van der Waals surface area contributed by atoms with Gasteiger partial charge in [0.05, 0.1) is 5.92 Å². The van der Waals surface area contributed by atoms with E-state index in [2.05, 4.69) is 72.1 Å². The van der Waals surface area contributed by atoms with Crippen molar-refractivity contribution in [3.8, 4) is 0 Å². The van der Waals surface area contributed by atoms with Crippen LogP contribution in [0.1, 0.15) is 30.9 Å². The maximum atomic E-state index is 13.1. The first-order chi connectivity index (χ1) is 13.9. The van der Waals surface area contributed by atoms with Crippen molar-refractivity contribution in [2.24, 2.45) is 5.92 Å². The largest absolute Gasteiger partial charge is 0.361 e. The average molecular weight is 395 g/mol. The van der Waals surface area contributed by atoms with E-state index in [1.54, 1.807) is 0 Å². The van der Waals surface area contributed by atoms with E-state index in [1.807, 2.05) is 6.08 Å². The molecule has 2 aromatic rings. The summed E-state index contributed by atoms with van der Waals surface area (Å²) in [6.45, 7) is 9.71. The van der Waals surface area contributed by atoms with Crippen molar-refractivity contribution in [3.63, 3.8) is 0 Å². The Hall–Kier alpha value is -2.11. The van der Waals surface area contributed by atoms with Crippen LogP contribution in [0, 0.1) is 5.92 Å². The normalized spacial score (nSPS) is 26.5. The molecule has 1 saturated heterocycles. The number of aromatic nitrogens is 1. The number of rotatable bonds is 7. The Balaban J connectivity index is 1.60. The van der Waals surface area contributed by atoms with Gasteiger partial charge >= 0.3 is 0 Å². The van der Waals surface area contributed by atoms with Crippen LogP contribution in [0.2, 0.25) is 0 Å². The lowest BCUT2D eigenvalue weighted by atomic mass is 9.61. The Morgan fingerprint density at radius 1 is 1.45 bits per heavy atom. The van der Waals surface area contributed by atoms with Gasteiger partial charge in [-0.3, -0.25) is 9.69 Å². The zero-order valence-corrected chi connectivity index (χ0v) is 18.0. The molecule has 2 aliphatic rings. The lowest BCUT2D eigenvalue weighted by Gasteiger charge is -2.53. The fourth-order valence-electron chi connectivity index (χ4n) is 5.56. The number of nitrogens with zero attached hydrogens (tertiary/aromatic N) is 2. The van der Waals surface area contributed by atoms with Gasteiger partial charge in [0.2, 0.25) is 5.91 Å². The monoisotopic (exact) mass is 394 g/mol. The summed E-state index contributed by atoms with van der Waals surface area (Å²) in [5, 5.41) is 4.57. The van der Waals surface area contributed by atoms with Crippen LogP contribution in [0.3, 0.4) is 0 Å². The number of fused-ring (bicyclic) bond motifs is 2. The van der Waals surface area contributed by atoms with Gasteiger partial charge in [0.1, 0.15) is 0 Å². The van der Waals surface area contributed by atoms with Crippen LogP contribution >= 0.6 is 0 Å². The number of H-pyrrole nitrogens is 1. The maximum Gasteiger partial charge on any atom is 0.224 e. The summed E-state index contributed by atoms with van der Waals surface area (Å²) in [6, 6.07) is 6.97. The van der Waals surface area contributed by atoms with Crippen LogP contribution in [-0.2, 0) is 16.6 Å². The molecule has 0 bridgehead atoms. The molecule has 2 heterocycles. The second kappa shape index (κ2) is 7.96. The standard InChI is InChI=1S/C24H34N4O/c1-5-11-28-16-18(23(29)25-10-7-12-27(3)4)14-24(2)19-8-6-9-20-22(19)17(15-26-20)13-21(24)28/h5-6,8-9,15,18,21,26H,1,7,10-14,16H2,2-4H3,(H,25,29)/t18-,21-,24?/m1/s1. The van der Waals surface area contributed by atoms with Gasteiger partial charge in [0.25, 0.3) is 0 Å². The number of aromatic amines is 1. The number of amides is 1. The predicted octanol–water partition coefficient (Wildman–Crippen LogP) is 2.93. The van der Waals surface area contributed by atoms with Crippen molar-refractivity contribution in [2.75, 3.05) is 40.3 Å². The van der Waals surface area contributed by atoms with E-state index in [0.29, 0.717) is 6.04 Å². The van der Waals surface area contributed by atoms with E-state index in [9.17, 15) is 4.79 Å². The fraction of sp³-hybridized carbons (Fsp3) is 0.542. The SMILES string of the molecule is C=CCN1C[C@H](C(=O)NCCCN(C)C)CC2(C)c3cccc4[nH]cc(c34)C[C@@H]12. The zero-order chi connectivity index (χ0) is 20.6. The van der Waals surface area contributed by atoms with Crippen LogP contribution in [0.4, 0.5) is 0 Å². The first-order valence-corrected chi connectivity index (χ1v) is 10.8. The van der Waals surface area contributed by atoms with Crippen LogP contribution in [0.25, 0.3) is 10.9 Å². The Bertz CT molecular complexity index is 901. The molecule has 1 aromatic heterocycles. The Labute approximate surface area is 174 Å². The molecule has 156 valence electrons. The molecule has 3 atom stereocenters. The second-order valence-corrected chi connectivity index (χ2v) is 9.27. The first-order valence-electron chi connectivity index (χ1n) is 10.8. The van der Waals surface area contributed by atoms with Crippen molar-refractivity contribution >= 4 is 16.8 Å². The molecule has 29 heavy (non-hydrogen) atoms. The van der Waals surface area contributed by atoms with Gasteiger partial charge in [0, 0.05) is 48.2 Å². The summed E-state index contributed by atoms with van der Waals surface area (Å²) in [5.41, 5.74) is 3.96. The third kappa shape index (κ3) is 3.62. The van der Waals surface area contributed by atoms with Gasteiger partial charge in [-0.2, -0.15) is 0 Å². The third-order valence-electron chi connectivity index (χ3n) is 6.93. The second-order valence-electron chi connectivity index (χ2n) is 9.27. The van der Waals surface area contributed by atoms with E-state index in [0.717, 1.165) is 45.4 Å². The van der Waals surface area contributed by atoms with E-state index >= 15 is 0 Å². The van der Waals surface area contributed by atoms with Crippen LogP contribution < -0.4 is 5.32 Å². The molecule has 5 heteroatoms. The topological polar surface area (TPSA) is 51.4 Å². The van der Waals surface area contributed by atoms with Gasteiger partial charge in [-0.25, -0.2) is 0 Å². The highest BCUT2D eigenvalue weighted by Crippen LogP contribution is 2.48. The lowest BCUT2D eigenvalue weighted by molar-refractivity contribution is -0.128. The molecule has 1 aliphatic carbocycles. The number of carbonyl (C=O) groups excluding carboxylic acids is 1. The number of benzene rings is 1. The van der Waals surface area contributed by atoms with Crippen molar-refractivity contribution in [1.82, 2.24) is 20.1 Å². The number of likely N-dealkylation sites (tertiary alicyclic amines) is 1. The van der Waals surface area contributed by atoms with Crippen molar-refractivity contribution in [3.05, 3.63) is 48.2 Å². The lowest BCUT2D eigenvalue weighted by Crippen LogP contribution is -2.60. The zero-order valence-electron chi connectivity index (χ0n) is 18.0. The third-order valence-corrected chi connectivity index (χ3v) is 6.93. The number of hydrogen-bond donors (Lipinski definition) is 2. The average Bonchev–Trinajstić information content (AvgIpc) is 3.10. The molecular formula is C24H34N4O. The molecule has 4 rings (SSSR count). The van der Waals surface area contributed by atoms with Crippen molar-refractivity contribution < 1.29 is 4.79 Å². The summed E-state index contributed by atoms with van der Waals surface area (Å²) in [6.07, 6.45) is 7.05. The number of nitrogens with one attached hydrogen (secondary N) is 2. The van der Waals surface area contributed by atoms with Gasteiger partial charge in [-0.05, 0) is 57.1 Å². The minimum Gasteiger partial charge on any atom is -0.361 e. The smallest absolute Gasteiger partial charge is 0.224 e. The summed E-state index contributed by atoms with van der Waals surface area (Å²) >= 11 is 0. The Kier molecular flexibility index (Phi) is 5.54. The fourth-order valence-corrected chi connectivity index (χ4v) is 5.56. The van der Waals surface area contributed by atoms with Gasteiger partial charge in [-0.15, -0.1) is 6.58 Å². The molecule has 0 spiro atoms. The quantitative estimate of drug-likeness (QED) is 0.561. The molecule has 2 N–H and O–H groups in total. The minimum atomic E-state index is -0.0401. The minimum absolute atomic E-state index is 0.00584. The highest BCUT2D eigenvalue weighted by molar-refractivity contribution is 5.89. The number of piperidine rings is 1. The maximum absolute atomic E-state index is 13.1. The molecule has 1 unspecified atom stereocenters. The summed E-state index contributed by atoms with van der Waals surface area (Å²) in [5.74, 6) is 0.204. The molecule has 1 aromatic carbocycles. The summed E-state index contributed by atoms with van der Waals surface area (Å²) < 4.78 is 0. The number of hydrogen-bond acceptors (Lipinski definition) is 3. The highest BCUT2D eigenvalue weighted by Gasteiger charge is 2.50. The van der Waals surface area contributed by atoms with E-state index in [1.165, 1.54) is 22.0 Å². The molecule has 0 radical (unpaired) electrons. The van der Waals surface area contributed by atoms with E-state index in [-0.39, 0.29) is 17.2 Å². The van der Waals surface area contributed by atoms with Gasteiger partial charge < -0.3 is 15.2 Å². The van der Waals surface area contributed by atoms with E-state index < -0.39 is 0 Å². The molecule has 1 aliphatic heterocycles. The molecule has 1 amide bonds. The molecule has 5 nitrogen and oxygen atoms in total. The summed E-state index contributed by atoms with van der Waals surface area (Å²) in [4.78, 5) is 21.1. The van der Waals surface area contributed by atoms with Gasteiger partial charge in [-0.1, -0.05) is 25.1 Å². The molecule has 1 fully saturated rings. The highest BCUT2D eigenvalue weighted by atomic mass is 16.1. The van der Waals surface area contributed by atoms with Crippen LogP contribution in [-0.4, -0.2) is 67.0 Å².